The number of carbonyl (C=O) groups excluding carboxylic acids is 2. The van der Waals surface area contributed by atoms with Gasteiger partial charge in [0.1, 0.15) is 0 Å². The second kappa shape index (κ2) is 7.07. The summed E-state index contributed by atoms with van der Waals surface area (Å²) in [5.74, 6) is -0.823. The highest BCUT2D eigenvalue weighted by molar-refractivity contribution is 7.89. The maximum atomic E-state index is 12.8. The van der Waals surface area contributed by atoms with E-state index in [9.17, 15) is 18.0 Å². The van der Waals surface area contributed by atoms with E-state index in [2.05, 4.69) is 25.5 Å². The lowest BCUT2D eigenvalue weighted by Gasteiger charge is -2.33. The van der Waals surface area contributed by atoms with Crippen molar-refractivity contribution in [1.82, 2.24) is 4.72 Å². The fraction of sp³-hybridized carbons (Fsp3) is 0.364. The van der Waals surface area contributed by atoms with Crippen LogP contribution in [0.1, 0.15) is 61.8 Å². The van der Waals surface area contributed by atoms with E-state index in [1.165, 1.54) is 24.3 Å². The summed E-state index contributed by atoms with van der Waals surface area (Å²) in [6.45, 7) is 9.87. The maximum absolute atomic E-state index is 12.8. The van der Waals surface area contributed by atoms with Crippen molar-refractivity contribution in [1.29, 1.82) is 0 Å². The first-order valence-electron chi connectivity index (χ1n) is 9.43. The van der Waals surface area contributed by atoms with Gasteiger partial charge in [-0.15, -0.1) is 0 Å². The lowest BCUT2D eigenvalue weighted by molar-refractivity contribution is 0.0926. The van der Waals surface area contributed by atoms with E-state index in [4.69, 9.17) is 0 Å². The van der Waals surface area contributed by atoms with E-state index in [1.54, 1.807) is 24.3 Å². The smallest absolute Gasteiger partial charge is 0.266 e. The van der Waals surface area contributed by atoms with E-state index >= 15 is 0 Å². The molecule has 0 saturated heterocycles. The van der Waals surface area contributed by atoms with Gasteiger partial charge in [0.05, 0.1) is 21.7 Å². The van der Waals surface area contributed by atoms with Crippen LogP contribution < -0.4 is 9.62 Å². The summed E-state index contributed by atoms with van der Waals surface area (Å²) >= 11 is 0. The van der Waals surface area contributed by atoms with Gasteiger partial charge >= 0.3 is 0 Å². The molecule has 0 aromatic heterocycles. The second-order valence-corrected chi connectivity index (χ2v) is 10.9. The van der Waals surface area contributed by atoms with Crippen LogP contribution in [0.4, 0.5) is 5.69 Å². The van der Waals surface area contributed by atoms with Crippen LogP contribution in [0.15, 0.2) is 53.4 Å². The molecule has 2 aromatic carbocycles. The molecule has 0 radical (unpaired) electrons. The van der Waals surface area contributed by atoms with Crippen LogP contribution >= 0.6 is 0 Å². The van der Waals surface area contributed by atoms with Crippen molar-refractivity contribution in [3.05, 3.63) is 59.7 Å². The molecular weight excluding hydrogens is 388 g/mol. The van der Waals surface area contributed by atoms with Crippen LogP contribution in [0.25, 0.3) is 0 Å². The Bertz CT molecular complexity index is 1030. The van der Waals surface area contributed by atoms with Crippen molar-refractivity contribution in [3.8, 4) is 0 Å². The van der Waals surface area contributed by atoms with Gasteiger partial charge in [-0.05, 0) is 62.1 Å². The first-order valence-corrected chi connectivity index (χ1v) is 10.9. The van der Waals surface area contributed by atoms with Gasteiger partial charge in [0, 0.05) is 5.54 Å². The van der Waals surface area contributed by atoms with Crippen LogP contribution in [-0.2, 0) is 10.0 Å². The Kier molecular flexibility index (Phi) is 5.17. The number of rotatable bonds is 5. The van der Waals surface area contributed by atoms with Gasteiger partial charge in [-0.25, -0.2) is 18.0 Å². The van der Waals surface area contributed by atoms with Gasteiger partial charge in [-0.3, -0.25) is 9.59 Å². The minimum Gasteiger partial charge on any atom is -0.268 e. The van der Waals surface area contributed by atoms with Crippen LogP contribution in [0.3, 0.4) is 0 Å². The number of nitrogens with zero attached hydrogens (tertiary/aromatic N) is 1. The standard InChI is InChI=1S/C22H26N2O4S/c1-21(2,3)14-22(4,5)23-29(27,28)16-12-10-15(11-13-16)24-19(25)17-8-6-7-9-18(17)20(24)26/h6-13,23H,14H2,1-5H3. The molecule has 1 aliphatic rings. The summed E-state index contributed by atoms with van der Waals surface area (Å²) in [6, 6.07) is 12.4. The van der Waals surface area contributed by atoms with Crippen molar-refractivity contribution in [2.45, 2.75) is 51.5 Å². The third-order valence-corrected chi connectivity index (χ3v) is 6.30. The monoisotopic (exact) mass is 414 g/mol. The molecule has 0 saturated carbocycles. The van der Waals surface area contributed by atoms with E-state index < -0.39 is 27.4 Å². The topological polar surface area (TPSA) is 83.6 Å². The van der Waals surface area contributed by atoms with Crippen LogP contribution in [0.5, 0.6) is 0 Å². The van der Waals surface area contributed by atoms with E-state index in [0.29, 0.717) is 23.2 Å². The van der Waals surface area contributed by atoms with Gasteiger partial charge in [-0.2, -0.15) is 0 Å². The number of imide groups is 1. The molecule has 0 unspecified atom stereocenters. The summed E-state index contributed by atoms with van der Waals surface area (Å²) < 4.78 is 28.4. The number of anilines is 1. The third kappa shape index (κ3) is 4.41. The summed E-state index contributed by atoms with van der Waals surface area (Å²) in [4.78, 5) is 26.3. The average Bonchev–Trinajstić information content (AvgIpc) is 2.83. The van der Waals surface area contributed by atoms with E-state index in [1.807, 2.05) is 13.8 Å². The largest absolute Gasteiger partial charge is 0.268 e. The highest BCUT2D eigenvalue weighted by Crippen LogP contribution is 2.30. The fourth-order valence-corrected chi connectivity index (χ4v) is 5.39. The molecule has 0 fully saturated rings. The van der Waals surface area contributed by atoms with Crippen LogP contribution in [0.2, 0.25) is 0 Å². The second-order valence-electron chi connectivity index (χ2n) is 9.21. The number of hydrogen-bond donors (Lipinski definition) is 1. The molecule has 29 heavy (non-hydrogen) atoms. The van der Waals surface area contributed by atoms with Gasteiger partial charge in [0.25, 0.3) is 11.8 Å². The Morgan fingerprint density at radius 1 is 0.828 bits per heavy atom. The normalized spacial score (nSPS) is 15.0. The zero-order valence-corrected chi connectivity index (χ0v) is 18.1. The molecule has 1 aliphatic heterocycles. The average molecular weight is 415 g/mol. The molecule has 1 N–H and O–H groups in total. The van der Waals surface area contributed by atoms with Crippen molar-refractivity contribution in [2.24, 2.45) is 5.41 Å². The number of hydrogen-bond acceptors (Lipinski definition) is 4. The Morgan fingerprint density at radius 3 is 1.76 bits per heavy atom. The molecule has 2 aromatic rings. The Balaban J connectivity index is 1.84. The zero-order valence-electron chi connectivity index (χ0n) is 17.3. The molecule has 0 aliphatic carbocycles. The van der Waals surface area contributed by atoms with Crippen molar-refractivity contribution < 1.29 is 18.0 Å². The molecule has 3 rings (SSSR count). The third-order valence-electron chi connectivity index (χ3n) is 4.58. The Hall–Kier alpha value is -2.51. The number of sulfonamides is 1. The molecular formula is C22H26N2O4S. The number of benzene rings is 2. The Morgan fingerprint density at radius 2 is 1.31 bits per heavy atom. The number of fused-ring (bicyclic) bond motifs is 1. The molecule has 0 bridgehead atoms. The van der Waals surface area contributed by atoms with Gasteiger partial charge in [-0.1, -0.05) is 32.9 Å². The van der Waals surface area contributed by atoms with E-state index in [-0.39, 0.29) is 10.3 Å². The van der Waals surface area contributed by atoms with Crippen molar-refractivity contribution in [3.63, 3.8) is 0 Å². The minimum absolute atomic E-state index is 0.0403. The van der Waals surface area contributed by atoms with Crippen LogP contribution in [-0.4, -0.2) is 25.8 Å². The highest BCUT2D eigenvalue weighted by Gasteiger charge is 2.36. The van der Waals surface area contributed by atoms with Crippen molar-refractivity contribution in [2.75, 3.05) is 4.90 Å². The first-order chi connectivity index (χ1) is 13.3. The van der Waals surface area contributed by atoms with Gasteiger partial charge < -0.3 is 0 Å². The highest BCUT2D eigenvalue weighted by atomic mass is 32.2. The lowest BCUT2D eigenvalue weighted by Crippen LogP contribution is -2.45. The van der Waals surface area contributed by atoms with Gasteiger partial charge in [0.15, 0.2) is 0 Å². The molecule has 2 amide bonds. The summed E-state index contributed by atoms with van der Waals surface area (Å²) in [6.07, 6.45) is 0.659. The van der Waals surface area contributed by atoms with Crippen LogP contribution in [0, 0.1) is 5.41 Å². The first kappa shape index (κ1) is 21.2. The number of nitrogens with one attached hydrogen (secondary N) is 1. The number of carbonyl (C=O) groups is 2. The molecule has 1 heterocycles. The molecule has 6 nitrogen and oxygen atoms in total. The van der Waals surface area contributed by atoms with Gasteiger partial charge in [0.2, 0.25) is 10.0 Å². The summed E-state index contributed by atoms with van der Waals surface area (Å²) in [5, 5.41) is 0. The zero-order chi connectivity index (χ0) is 21.6. The predicted octanol–water partition coefficient (Wildman–Crippen LogP) is 3.98. The summed E-state index contributed by atoms with van der Waals surface area (Å²) in [5.41, 5.74) is 0.364. The predicted molar refractivity (Wildman–Crippen MR) is 112 cm³/mol. The fourth-order valence-electron chi connectivity index (χ4n) is 3.98. The number of amides is 2. The molecule has 7 heteroatoms. The minimum atomic E-state index is -3.75. The van der Waals surface area contributed by atoms with Crippen molar-refractivity contribution >= 4 is 27.5 Å². The maximum Gasteiger partial charge on any atom is 0.266 e. The SMILES string of the molecule is CC(C)(C)CC(C)(C)NS(=O)(=O)c1ccc(N2C(=O)c3ccccc3C2=O)cc1. The molecule has 154 valence electrons. The Labute approximate surface area is 172 Å². The van der Waals surface area contributed by atoms with E-state index in [0.717, 1.165) is 4.90 Å². The summed E-state index contributed by atoms with van der Waals surface area (Å²) in [7, 11) is -3.75. The molecule has 0 spiro atoms. The molecule has 0 atom stereocenters. The lowest BCUT2D eigenvalue weighted by atomic mass is 9.82. The quantitative estimate of drug-likeness (QED) is 0.750.